The Morgan fingerprint density at radius 1 is 1.19 bits per heavy atom. The second-order valence-corrected chi connectivity index (χ2v) is 9.08. The van der Waals surface area contributed by atoms with Crippen LogP contribution in [0, 0.1) is 11.3 Å². The largest absolute Gasteiger partial charge is 0.543 e. The van der Waals surface area contributed by atoms with Gasteiger partial charge in [0, 0.05) is 5.56 Å². The Kier molecular flexibility index (Phi) is 3.91. The maximum Gasteiger partial charge on any atom is 0.242 e. The third-order valence-electron chi connectivity index (χ3n) is 1.95. The van der Waals surface area contributed by atoms with Gasteiger partial charge in [0.05, 0.1) is 11.6 Å². The number of benzene rings is 1. The molecular weight excluding hydrogens is 214 g/mol. The summed E-state index contributed by atoms with van der Waals surface area (Å²) in [5.74, 6) is 0.724. The zero-order valence-corrected chi connectivity index (χ0v) is 11.2. The molecule has 1 aromatic carbocycles. The number of nitrogens with zero attached hydrogens (tertiary/aromatic N) is 1. The van der Waals surface area contributed by atoms with Gasteiger partial charge in [-0.05, 0) is 26.6 Å². The van der Waals surface area contributed by atoms with Crippen molar-refractivity contribution in [1.82, 2.24) is 0 Å². The van der Waals surface area contributed by atoms with Gasteiger partial charge in [-0.15, -0.1) is 0 Å². The SMILES string of the molecule is C/C(C#N)=C(/O[Si](C)(C)C)c1ccccc1. The first-order chi connectivity index (χ1) is 7.44. The second kappa shape index (κ2) is 5.00. The maximum absolute atomic E-state index is 8.99. The summed E-state index contributed by atoms with van der Waals surface area (Å²) in [6.07, 6.45) is 0. The van der Waals surface area contributed by atoms with Crippen LogP contribution in [0.4, 0.5) is 0 Å². The minimum Gasteiger partial charge on any atom is -0.543 e. The zero-order valence-electron chi connectivity index (χ0n) is 10.2. The highest BCUT2D eigenvalue weighted by Crippen LogP contribution is 2.23. The van der Waals surface area contributed by atoms with E-state index in [4.69, 9.17) is 9.69 Å². The van der Waals surface area contributed by atoms with E-state index in [0.717, 1.165) is 11.3 Å². The van der Waals surface area contributed by atoms with E-state index in [1.165, 1.54) is 0 Å². The number of hydrogen-bond donors (Lipinski definition) is 0. The van der Waals surface area contributed by atoms with Crippen molar-refractivity contribution >= 4 is 14.1 Å². The van der Waals surface area contributed by atoms with Crippen LogP contribution in [0.1, 0.15) is 12.5 Å². The third-order valence-corrected chi connectivity index (χ3v) is 2.77. The molecule has 0 unspecified atom stereocenters. The third kappa shape index (κ3) is 3.56. The lowest BCUT2D eigenvalue weighted by molar-refractivity contribution is 0.511. The molecule has 2 nitrogen and oxygen atoms in total. The fourth-order valence-electron chi connectivity index (χ4n) is 1.30. The summed E-state index contributed by atoms with van der Waals surface area (Å²) in [6, 6.07) is 12.0. The topological polar surface area (TPSA) is 33.0 Å². The highest BCUT2D eigenvalue weighted by atomic mass is 28.4. The molecule has 0 atom stereocenters. The van der Waals surface area contributed by atoms with Crippen LogP contribution in [0.25, 0.3) is 5.76 Å². The van der Waals surface area contributed by atoms with E-state index in [-0.39, 0.29) is 0 Å². The summed E-state index contributed by atoms with van der Waals surface area (Å²) < 4.78 is 5.97. The molecule has 0 aromatic heterocycles. The van der Waals surface area contributed by atoms with Gasteiger partial charge >= 0.3 is 0 Å². The van der Waals surface area contributed by atoms with Crippen LogP contribution in [0.3, 0.4) is 0 Å². The van der Waals surface area contributed by atoms with Crippen LogP contribution in [-0.2, 0) is 4.43 Å². The van der Waals surface area contributed by atoms with Crippen molar-refractivity contribution in [1.29, 1.82) is 5.26 Å². The summed E-state index contributed by atoms with van der Waals surface area (Å²) in [6.45, 7) is 8.13. The normalized spacial score (nSPS) is 12.7. The summed E-state index contributed by atoms with van der Waals surface area (Å²) >= 11 is 0. The van der Waals surface area contributed by atoms with Gasteiger partial charge in [0.1, 0.15) is 5.76 Å². The van der Waals surface area contributed by atoms with Crippen molar-refractivity contribution in [3.05, 3.63) is 41.5 Å². The van der Waals surface area contributed by atoms with Crippen LogP contribution in [0.15, 0.2) is 35.9 Å². The number of nitriles is 1. The van der Waals surface area contributed by atoms with Gasteiger partial charge in [-0.1, -0.05) is 30.3 Å². The molecule has 0 aliphatic carbocycles. The maximum atomic E-state index is 8.99. The van der Waals surface area contributed by atoms with Gasteiger partial charge in [-0.2, -0.15) is 5.26 Å². The predicted molar refractivity (Wildman–Crippen MR) is 69.1 cm³/mol. The highest BCUT2D eigenvalue weighted by molar-refractivity contribution is 6.70. The molecule has 1 aromatic rings. The molecule has 0 fully saturated rings. The first-order valence-electron chi connectivity index (χ1n) is 5.29. The molecule has 0 heterocycles. The van der Waals surface area contributed by atoms with E-state index in [1.54, 1.807) is 6.92 Å². The number of hydrogen-bond acceptors (Lipinski definition) is 2. The predicted octanol–water partition coefficient (Wildman–Crippen LogP) is 3.79. The molecule has 3 heteroatoms. The van der Waals surface area contributed by atoms with Crippen LogP contribution >= 0.6 is 0 Å². The summed E-state index contributed by atoms with van der Waals surface area (Å²) in [5, 5.41) is 8.99. The van der Waals surface area contributed by atoms with Gasteiger partial charge in [0.25, 0.3) is 0 Å². The average molecular weight is 231 g/mol. The zero-order chi connectivity index (χ0) is 12.2. The van der Waals surface area contributed by atoms with Gasteiger partial charge in [0.2, 0.25) is 8.32 Å². The molecule has 84 valence electrons. The average Bonchev–Trinajstić information content (AvgIpc) is 2.25. The summed E-state index contributed by atoms with van der Waals surface area (Å²) in [4.78, 5) is 0. The molecule has 0 aliphatic rings. The molecule has 0 saturated heterocycles. The van der Waals surface area contributed by atoms with E-state index >= 15 is 0 Å². The fourth-order valence-corrected chi connectivity index (χ4v) is 2.18. The Labute approximate surface area is 98.3 Å². The molecular formula is C13H17NOSi. The van der Waals surface area contributed by atoms with Crippen molar-refractivity contribution in [2.75, 3.05) is 0 Å². The molecule has 16 heavy (non-hydrogen) atoms. The summed E-state index contributed by atoms with van der Waals surface area (Å²) in [5.41, 5.74) is 1.61. The van der Waals surface area contributed by atoms with Crippen molar-refractivity contribution in [3.63, 3.8) is 0 Å². The minimum atomic E-state index is -1.69. The highest BCUT2D eigenvalue weighted by Gasteiger charge is 2.20. The molecule has 0 saturated carbocycles. The van der Waals surface area contributed by atoms with Crippen LogP contribution < -0.4 is 0 Å². The molecule has 0 bridgehead atoms. The lowest BCUT2D eigenvalue weighted by atomic mass is 10.1. The standard InChI is InChI=1S/C13H17NOSi/c1-11(10-14)13(15-16(2,3)4)12-8-6-5-7-9-12/h5-9H,1-4H3/b13-11-. The lowest BCUT2D eigenvalue weighted by Gasteiger charge is -2.22. The van der Waals surface area contributed by atoms with Crippen molar-refractivity contribution in [2.45, 2.75) is 26.6 Å². The first kappa shape index (κ1) is 12.5. The Morgan fingerprint density at radius 2 is 1.75 bits per heavy atom. The van der Waals surface area contributed by atoms with Crippen LogP contribution in [0.5, 0.6) is 0 Å². The minimum absolute atomic E-state index is 0.633. The van der Waals surface area contributed by atoms with Gasteiger partial charge in [-0.25, -0.2) is 0 Å². The quantitative estimate of drug-likeness (QED) is 0.450. The summed E-state index contributed by atoms with van der Waals surface area (Å²) in [7, 11) is -1.69. The molecule has 0 N–H and O–H groups in total. The molecule has 1 rings (SSSR count). The van der Waals surface area contributed by atoms with Crippen LogP contribution in [0.2, 0.25) is 19.6 Å². The van der Waals surface area contributed by atoms with E-state index in [2.05, 4.69) is 25.7 Å². The molecule has 0 radical (unpaired) electrons. The number of rotatable bonds is 3. The first-order valence-corrected chi connectivity index (χ1v) is 8.70. The van der Waals surface area contributed by atoms with Crippen molar-refractivity contribution < 1.29 is 4.43 Å². The van der Waals surface area contributed by atoms with Gasteiger partial charge in [0.15, 0.2) is 0 Å². The van der Waals surface area contributed by atoms with E-state index in [1.807, 2.05) is 30.3 Å². The van der Waals surface area contributed by atoms with Gasteiger partial charge in [-0.3, -0.25) is 0 Å². The van der Waals surface area contributed by atoms with E-state index < -0.39 is 8.32 Å². The second-order valence-electron chi connectivity index (χ2n) is 4.65. The van der Waals surface area contributed by atoms with Crippen molar-refractivity contribution in [3.8, 4) is 6.07 Å². The molecule has 0 spiro atoms. The lowest BCUT2D eigenvalue weighted by Crippen LogP contribution is -2.24. The van der Waals surface area contributed by atoms with E-state index in [9.17, 15) is 0 Å². The van der Waals surface area contributed by atoms with E-state index in [0.29, 0.717) is 5.57 Å². The Balaban J connectivity index is 3.15. The monoisotopic (exact) mass is 231 g/mol. The van der Waals surface area contributed by atoms with Crippen molar-refractivity contribution in [2.24, 2.45) is 0 Å². The molecule has 0 amide bonds. The molecule has 0 aliphatic heterocycles. The Morgan fingerprint density at radius 3 is 2.19 bits per heavy atom. The smallest absolute Gasteiger partial charge is 0.242 e. The Bertz CT molecular complexity index is 423. The fraction of sp³-hybridized carbons (Fsp3) is 0.308. The van der Waals surface area contributed by atoms with Gasteiger partial charge < -0.3 is 4.43 Å². The number of allylic oxidation sites excluding steroid dienone is 1. The Hall–Kier alpha value is -1.53. The van der Waals surface area contributed by atoms with Crippen LogP contribution in [-0.4, -0.2) is 8.32 Å².